The molecule has 0 spiro atoms. The number of nitrogens with zero attached hydrogens (tertiary/aromatic N) is 5. The summed E-state index contributed by atoms with van der Waals surface area (Å²) < 4.78 is 21.0. The Kier molecular flexibility index (Phi) is 7.92. The molecule has 0 radical (unpaired) electrons. The quantitative estimate of drug-likeness (QED) is 0.238. The minimum atomic E-state index is -0.412. The van der Waals surface area contributed by atoms with Crippen molar-refractivity contribution in [1.82, 2.24) is 30.3 Å². The average Bonchev–Trinajstić information content (AvgIpc) is 3.59. The molecule has 0 aliphatic carbocycles. The molecule has 3 heterocycles. The summed E-state index contributed by atoms with van der Waals surface area (Å²) in [6.07, 6.45) is 1.40. The van der Waals surface area contributed by atoms with Crippen LogP contribution in [0.1, 0.15) is 23.3 Å². The molecule has 14 heteroatoms. The van der Waals surface area contributed by atoms with Crippen LogP contribution in [0.5, 0.6) is 0 Å². The molecule has 0 saturated carbocycles. The van der Waals surface area contributed by atoms with Crippen LogP contribution >= 0.6 is 34.9 Å². The summed E-state index contributed by atoms with van der Waals surface area (Å²) in [7, 11) is 0. The van der Waals surface area contributed by atoms with Gasteiger partial charge in [0.1, 0.15) is 5.82 Å². The fourth-order valence-electron chi connectivity index (χ4n) is 2.74. The molecule has 4 rings (SSSR count). The van der Waals surface area contributed by atoms with E-state index >= 15 is 0 Å². The molecule has 2 N–H and O–H groups in total. The molecule has 4 aromatic rings. The molecular formula is C20H18FN7O3S3. The fourth-order valence-corrected chi connectivity index (χ4v) is 5.18. The number of carbonyl (C=O) groups is 2. The SMILES string of the molecule is CCSc1nnc(NC(=O)CSc2nnc(CNC(=O)c3ccco3)n2-c2ccc(F)cc2)s1. The van der Waals surface area contributed by atoms with E-state index in [0.29, 0.717) is 21.8 Å². The third kappa shape index (κ3) is 6.01. The Balaban J connectivity index is 1.46. The van der Waals surface area contributed by atoms with E-state index in [2.05, 4.69) is 31.0 Å². The van der Waals surface area contributed by atoms with Crippen molar-refractivity contribution in [3.63, 3.8) is 0 Å². The Morgan fingerprint density at radius 3 is 2.68 bits per heavy atom. The van der Waals surface area contributed by atoms with Crippen molar-refractivity contribution in [2.75, 3.05) is 16.8 Å². The summed E-state index contributed by atoms with van der Waals surface area (Å²) in [5.74, 6) is 0.377. The summed E-state index contributed by atoms with van der Waals surface area (Å²) in [6, 6.07) is 8.90. The van der Waals surface area contributed by atoms with Crippen molar-refractivity contribution >= 4 is 51.8 Å². The minimum absolute atomic E-state index is 0.0356. The lowest BCUT2D eigenvalue weighted by atomic mass is 10.3. The average molecular weight is 520 g/mol. The molecule has 176 valence electrons. The van der Waals surface area contributed by atoms with Crippen molar-refractivity contribution in [1.29, 1.82) is 0 Å². The Hall–Kier alpha value is -3.23. The molecule has 0 aliphatic rings. The predicted molar refractivity (Wildman–Crippen MR) is 127 cm³/mol. The normalized spacial score (nSPS) is 10.9. The third-order valence-electron chi connectivity index (χ3n) is 4.19. The van der Waals surface area contributed by atoms with Crippen LogP contribution in [0.25, 0.3) is 5.69 Å². The van der Waals surface area contributed by atoms with Gasteiger partial charge in [-0.15, -0.1) is 20.4 Å². The standard InChI is InChI=1S/C20H18FN7O3S3/c1-2-32-20-27-25-18(34-20)23-16(29)11-33-19-26-24-15(10-22-17(30)14-4-3-9-31-14)28(19)13-7-5-12(21)6-8-13/h3-9H,2,10-11H2,1H3,(H,22,30)(H,23,25,29). The Labute approximate surface area is 205 Å². The second kappa shape index (κ2) is 11.3. The zero-order chi connectivity index (χ0) is 23.9. The monoisotopic (exact) mass is 519 g/mol. The summed E-state index contributed by atoms with van der Waals surface area (Å²) >= 11 is 4.00. The first kappa shape index (κ1) is 23.9. The molecule has 0 atom stereocenters. The lowest BCUT2D eigenvalue weighted by Gasteiger charge is -2.10. The zero-order valence-corrected chi connectivity index (χ0v) is 20.2. The number of anilines is 1. The summed E-state index contributed by atoms with van der Waals surface area (Å²) in [5.41, 5.74) is 0.585. The number of halogens is 1. The van der Waals surface area contributed by atoms with E-state index < -0.39 is 11.7 Å². The molecule has 0 fully saturated rings. The lowest BCUT2D eigenvalue weighted by molar-refractivity contribution is -0.113. The van der Waals surface area contributed by atoms with Crippen LogP contribution in [0.2, 0.25) is 0 Å². The molecular weight excluding hydrogens is 501 g/mol. The van der Waals surface area contributed by atoms with Gasteiger partial charge in [0.2, 0.25) is 11.0 Å². The van der Waals surface area contributed by atoms with Gasteiger partial charge < -0.3 is 9.73 Å². The van der Waals surface area contributed by atoms with E-state index in [1.807, 2.05) is 6.92 Å². The highest BCUT2D eigenvalue weighted by Gasteiger charge is 2.18. The highest BCUT2D eigenvalue weighted by Crippen LogP contribution is 2.26. The molecule has 0 bridgehead atoms. The van der Waals surface area contributed by atoms with Crippen molar-refractivity contribution in [2.24, 2.45) is 0 Å². The van der Waals surface area contributed by atoms with Gasteiger partial charge in [-0.2, -0.15) is 0 Å². The highest BCUT2D eigenvalue weighted by molar-refractivity contribution is 8.01. The number of carbonyl (C=O) groups excluding carboxylic acids is 2. The van der Waals surface area contributed by atoms with E-state index in [-0.39, 0.29) is 24.0 Å². The minimum Gasteiger partial charge on any atom is -0.459 e. The van der Waals surface area contributed by atoms with Gasteiger partial charge in [0, 0.05) is 5.69 Å². The Morgan fingerprint density at radius 1 is 1.12 bits per heavy atom. The van der Waals surface area contributed by atoms with Gasteiger partial charge in [0.25, 0.3) is 5.91 Å². The first-order chi connectivity index (χ1) is 16.5. The van der Waals surface area contributed by atoms with Crippen LogP contribution in [-0.4, -0.2) is 48.3 Å². The van der Waals surface area contributed by atoms with Crippen molar-refractivity contribution < 1.29 is 18.4 Å². The van der Waals surface area contributed by atoms with Gasteiger partial charge in [-0.05, 0) is 42.2 Å². The number of hydrogen-bond acceptors (Lipinski definition) is 10. The zero-order valence-electron chi connectivity index (χ0n) is 17.7. The van der Waals surface area contributed by atoms with E-state index in [9.17, 15) is 14.0 Å². The van der Waals surface area contributed by atoms with Crippen LogP contribution in [0.3, 0.4) is 0 Å². The summed E-state index contributed by atoms with van der Waals surface area (Å²) in [6.45, 7) is 2.05. The third-order valence-corrected chi connectivity index (χ3v) is 6.97. The molecule has 0 saturated heterocycles. The second-order valence-electron chi connectivity index (χ2n) is 6.51. The van der Waals surface area contributed by atoms with Gasteiger partial charge in [-0.1, -0.05) is 41.8 Å². The number of aromatic nitrogens is 5. The molecule has 10 nitrogen and oxygen atoms in total. The van der Waals surface area contributed by atoms with E-state index in [0.717, 1.165) is 21.9 Å². The molecule has 0 aliphatic heterocycles. The fraction of sp³-hybridized carbons (Fsp3) is 0.200. The first-order valence-corrected chi connectivity index (χ1v) is 12.7. The van der Waals surface area contributed by atoms with Crippen molar-refractivity contribution in [2.45, 2.75) is 23.0 Å². The van der Waals surface area contributed by atoms with Crippen molar-refractivity contribution in [3.8, 4) is 5.69 Å². The summed E-state index contributed by atoms with van der Waals surface area (Å²) in [4.78, 5) is 24.7. The maximum absolute atomic E-state index is 13.5. The molecule has 1 aromatic carbocycles. The van der Waals surface area contributed by atoms with Crippen LogP contribution in [-0.2, 0) is 11.3 Å². The molecule has 3 aromatic heterocycles. The topological polar surface area (TPSA) is 128 Å². The number of hydrogen-bond donors (Lipinski definition) is 2. The smallest absolute Gasteiger partial charge is 0.287 e. The Bertz CT molecular complexity index is 1260. The second-order valence-corrected chi connectivity index (χ2v) is 9.94. The first-order valence-electron chi connectivity index (χ1n) is 9.94. The number of amides is 2. The van der Waals surface area contributed by atoms with Gasteiger partial charge in [-0.3, -0.25) is 19.5 Å². The van der Waals surface area contributed by atoms with Crippen molar-refractivity contribution in [3.05, 3.63) is 60.1 Å². The molecule has 0 unspecified atom stereocenters. The van der Waals surface area contributed by atoms with E-state index in [4.69, 9.17) is 4.42 Å². The van der Waals surface area contributed by atoms with Crippen LogP contribution in [0.15, 0.2) is 56.6 Å². The van der Waals surface area contributed by atoms with Gasteiger partial charge in [0.15, 0.2) is 21.1 Å². The van der Waals surface area contributed by atoms with E-state index in [1.54, 1.807) is 40.6 Å². The predicted octanol–water partition coefficient (Wildman–Crippen LogP) is 3.62. The maximum Gasteiger partial charge on any atom is 0.287 e. The highest BCUT2D eigenvalue weighted by atomic mass is 32.2. The number of rotatable bonds is 10. The molecule has 2 amide bonds. The van der Waals surface area contributed by atoms with Crippen LogP contribution < -0.4 is 10.6 Å². The Morgan fingerprint density at radius 2 is 1.94 bits per heavy atom. The van der Waals surface area contributed by atoms with Crippen LogP contribution in [0, 0.1) is 5.82 Å². The van der Waals surface area contributed by atoms with Gasteiger partial charge >= 0.3 is 0 Å². The lowest BCUT2D eigenvalue weighted by Crippen LogP contribution is -2.24. The molecule has 34 heavy (non-hydrogen) atoms. The number of furan rings is 1. The number of thioether (sulfide) groups is 2. The maximum atomic E-state index is 13.5. The van der Waals surface area contributed by atoms with Gasteiger partial charge in [-0.25, -0.2) is 4.39 Å². The number of nitrogens with one attached hydrogen (secondary N) is 2. The summed E-state index contributed by atoms with van der Waals surface area (Å²) in [5, 5.41) is 22.5. The number of benzene rings is 1. The van der Waals surface area contributed by atoms with Crippen LogP contribution in [0.4, 0.5) is 9.52 Å². The largest absolute Gasteiger partial charge is 0.459 e. The van der Waals surface area contributed by atoms with Gasteiger partial charge in [0.05, 0.1) is 18.6 Å². The van der Waals surface area contributed by atoms with E-state index in [1.165, 1.54) is 29.7 Å².